The monoisotopic (exact) mass is 260 g/mol. The van der Waals surface area contributed by atoms with E-state index in [1.165, 1.54) is 11.8 Å². The van der Waals surface area contributed by atoms with E-state index in [-0.39, 0.29) is 11.9 Å². The van der Waals surface area contributed by atoms with Gasteiger partial charge in [0.05, 0.1) is 18.8 Å². The van der Waals surface area contributed by atoms with Crippen molar-refractivity contribution in [2.45, 2.75) is 26.4 Å². The lowest BCUT2D eigenvalue weighted by Gasteiger charge is -2.13. The van der Waals surface area contributed by atoms with Crippen molar-refractivity contribution < 1.29 is 14.3 Å². The molecular formula is C16H20O3. The molecule has 0 bridgehead atoms. The van der Waals surface area contributed by atoms with Gasteiger partial charge >= 0.3 is 5.97 Å². The fourth-order valence-electron chi connectivity index (χ4n) is 2.08. The molecule has 0 saturated carbocycles. The number of rotatable bonds is 7. The molecule has 1 heterocycles. The third-order valence-electron chi connectivity index (χ3n) is 3.28. The number of benzene rings is 1. The van der Waals surface area contributed by atoms with Crippen LogP contribution in [0.15, 0.2) is 42.7 Å². The molecule has 2 rings (SSSR count). The molecule has 1 aromatic carbocycles. The largest absolute Gasteiger partial charge is 0.434 e. The van der Waals surface area contributed by atoms with Crippen molar-refractivity contribution >= 4 is 5.97 Å². The molecule has 0 fully saturated rings. The Labute approximate surface area is 114 Å². The Bertz CT molecular complexity index is 425. The lowest BCUT2D eigenvalue weighted by molar-refractivity contribution is -0.139. The fourth-order valence-corrected chi connectivity index (χ4v) is 2.08. The molecule has 0 amide bonds. The lowest BCUT2D eigenvalue weighted by Crippen LogP contribution is -2.12. The Balaban J connectivity index is 1.61. The zero-order valence-corrected chi connectivity index (χ0v) is 11.2. The molecule has 1 aliphatic heterocycles. The third-order valence-corrected chi connectivity index (χ3v) is 3.28. The van der Waals surface area contributed by atoms with Gasteiger partial charge in [-0.1, -0.05) is 37.3 Å². The highest BCUT2D eigenvalue weighted by atomic mass is 16.5. The maximum Gasteiger partial charge on any atom is 0.317 e. The number of cyclic esters (lactones) is 1. The van der Waals surface area contributed by atoms with E-state index in [0.717, 1.165) is 19.4 Å². The van der Waals surface area contributed by atoms with Crippen LogP contribution in [0.5, 0.6) is 0 Å². The third kappa shape index (κ3) is 4.52. The molecule has 0 spiro atoms. The van der Waals surface area contributed by atoms with Crippen molar-refractivity contribution in [3.63, 3.8) is 0 Å². The SMILES string of the molecule is CC(CC[C@H]1C=COC1=O)COCc1ccccc1. The van der Waals surface area contributed by atoms with Gasteiger partial charge in [0.15, 0.2) is 0 Å². The fraction of sp³-hybridized carbons (Fsp3) is 0.438. The Morgan fingerprint density at radius 3 is 2.79 bits per heavy atom. The molecule has 1 aliphatic rings. The first-order valence-corrected chi connectivity index (χ1v) is 6.74. The number of hydrogen-bond acceptors (Lipinski definition) is 3. The van der Waals surface area contributed by atoms with Gasteiger partial charge in [-0.15, -0.1) is 0 Å². The number of hydrogen-bond donors (Lipinski definition) is 0. The highest BCUT2D eigenvalue weighted by molar-refractivity contribution is 5.77. The van der Waals surface area contributed by atoms with Crippen molar-refractivity contribution in [2.75, 3.05) is 6.61 Å². The van der Waals surface area contributed by atoms with Crippen molar-refractivity contribution in [2.24, 2.45) is 11.8 Å². The second kappa shape index (κ2) is 7.10. The minimum atomic E-state index is -0.127. The van der Waals surface area contributed by atoms with Crippen LogP contribution in [-0.4, -0.2) is 12.6 Å². The van der Waals surface area contributed by atoms with Gasteiger partial charge in [0.2, 0.25) is 0 Å². The van der Waals surface area contributed by atoms with Crippen LogP contribution in [0.1, 0.15) is 25.3 Å². The van der Waals surface area contributed by atoms with Gasteiger partial charge in [-0.3, -0.25) is 4.79 Å². The summed E-state index contributed by atoms with van der Waals surface area (Å²) in [5.41, 5.74) is 1.19. The standard InChI is InChI=1S/C16H20O3/c1-13(7-8-15-9-10-19-16(15)17)11-18-12-14-5-3-2-4-6-14/h2-6,9-10,13,15H,7-8,11-12H2,1H3/t13?,15-/m0/s1. The van der Waals surface area contributed by atoms with Crippen LogP contribution in [0, 0.1) is 11.8 Å². The number of carbonyl (C=O) groups excluding carboxylic acids is 1. The van der Waals surface area contributed by atoms with Gasteiger partial charge in [0, 0.05) is 6.61 Å². The van der Waals surface area contributed by atoms with Gasteiger partial charge < -0.3 is 9.47 Å². The smallest absolute Gasteiger partial charge is 0.317 e. The average Bonchev–Trinajstić information content (AvgIpc) is 2.83. The summed E-state index contributed by atoms with van der Waals surface area (Å²) in [4.78, 5) is 11.3. The Morgan fingerprint density at radius 2 is 2.11 bits per heavy atom. The summed E-state index contributed by atoms with van der Waals surface area (Å²) in [6.07, 6.45) is 5.13. The highest BCUT2D eigenvalue weighted by Crippen LogP contribution is 2.19. The summed E-state index contributed by atoms with van der Waals surface area (Å²) in [7, 11) is 0. The Hall–Kier alpha value is -1.61. The van der Waals surface area contributed by atoms with E-state index >= 15 is 0 Å². The van der Waals surface area contributed by atoms with Crippen molar-refractivity contribution in [1.29, 1.82) is 0 Å². The molecule has 2 atom stereocenters. The van der Waals surface area contributed by atoms with E-state index < -0.39 is 0 Å². The topological polar surface area (TPSA) is 35.5 Å². The van der Waals surface area contributed by atoms with Crippen molar-refractivity contribution in [3.8, 4) is 0 Å². The van der Waals surface area contributed by atoms with E-state index in [9.17, 15) is 4.79 Å². The molecule has 1 aromatic rings. The van der Waals surface area contributed by atoms with E-state index in [1.54, 1.807) is 0 Å². The predicted octanol–water partition coefficient (Wildman–Crippen LogP) is 3.31. The van der Waals surface area contributed by atoms with E-state index in [2.05, 4.69) is 19.1 Å². The first-order valence-electron chi connectivity index (χ1n) is 6.74. The number of ether oxygens (including phenoxy) is 2. The molecule has 0 radical (unpaired) electrons. The molecule has 102 valence electrons. The molecule has 0 aromatic heterocycles. The zero-order valence-electron chi connectivity index (χ0n) is 11.2. The second-order valence-corrected chi connectivity index (χ2v) is 5.06. The maximum absolute atomic E-state index is 11.3. The Morgan fingerprint density at radius 1 is 1.32 bits per heavy atom. The molecule has 0 N–H and O–H groups in total. The van der Waals surface area contributed by atoms with Gasteiger partial charge in [-0.05, 0) is 30.4 Å². The highest BCUT2D eigenvalue weighted by Gasteiger charge is 2.21. The van der Waals surface area contributed by atoms with Crippen LogP contribution in [0.3, 0.4) is 0 Å². The summed E-state index contributed by atoms with van der Waals surface area (Å²) in [5, 5.41) is 0. The first kappa shape index (κ1) is 13.8. The Kier molecular flexibility index (Phi) is 5.16. The second-order valence-electron chi connectivity index (χ2n) is 5.06. The van der Waals surface area contributed by atoms with Crippen molar-refractivity contribution in [3.05, 3.63) is 48.2 Å². The van der Waals surface area contributed by atoms with Crippen LogP contribution in [0.25, 0.3) is 0 Å². The quantitative estimate of drug-likeness (QED) is 0.706. The average molecular weight is 260 g/mol. The van der Waals surface area contributed by atoms with Crippen LogP contribution in [-0.2, 0) is 20.9 Å². The van der Waals surface area contributed by atoms with Gasteiger partial charge in [-0.25, -0.2) is 0 Å². The summed E-state index contributed by atoms with van der Waals surface area (Å²) in [6.45, 7) is 3.52. The van der Waals surface area contributed by atoms with Crippen LogP contribution in [0.2, 0.25) is 0 Å². The van der Waals surface area contributed by atoms with Crippen molar-refractivity contribution in [1.82, 2.24) is 0 Å². The van der Waals surface area contributed by atoms with E-state index in [0.29, 0.717) is 12.5 Å². The van der Waals surface area contributed by atoms with Gasteiger partial charge in [0.1, 0.15) is 0 Å². The maximum atomic E-state index is 11.3. The van der Waals surface area contributed by atoms with Gasteiger partial charge in [0.25, 0.3) is 0 Å². The summed E-state index contributed by atoms with van der Waals surface area (Å²) in [6, 6.07) is 10.1. The summed E-state index contributed by atoms with van der Waals surface area (Å²) < 4.78 is 10.5. The van der Waals surface area contributed by atoms with Crippen LogP contribution in [0.4, 0.5) is 0 Å². The number of carbonyl (C=O) groups is 1. The lowest BCUT2D eigenvalue weighted by atomic mass is 9.98. The number of esters is 1. The molecule has 0 aliphatic carbocycles. The summed E-state index contributed by atoms with van der Waals surface area (Å²) in [5.74, 6) is 0.263. The minimum Gasteiger partial charge on any atom is -0.434 e. The molecular weight excluding hydrogens is 240 g/mol. The first-order chi connectivity index (χ1) is 9.25. The van der Waals surface area contributed by atoms with E-state index in [1.807, 2.05) is 24.3 Å². The van der Waals surface area contributed by atoms with Crippen LogP contribution >= 0.6 is 0 Å². The molecule has 19 heavy (non-hydrogen) atoms. The molecule has 3 heteroatoms. The predicted molar refractivity (Wildman–Crippen MR) is 73.2 cm³/mol. The minimum absolute atomic E-state index is 0.0587. The molecule has 0 saturated heterocycles. The van der Waals surface area contributed by atoms with Crippen LogP contribution < -0.4 is 0 Å². The molecule has 1 unspecified atom stereocenters. The van der Waals surface area contributed by atoms with E-state index in [4.69, 9.17) is 9.47 Å². The van der Waals surface area contributed by atoms with Gasteiger partial charge in [-0.2, -0.15) is 0 Å². The molecule has 3 nitrogen and oxygen atoms in total. The summed E-state index contributed by atoms with van der Waals surface area (Å²) >= 11 is 0. The zero-order chi connectivity index (χ0) is 13.5. The normalized spacial score (nSPS) is 19.4.